The van der Waals surface area contributed by atoms with Crippen molar-refractivity contribution in [3.8, 4) is 5.75 Å². The van der Waals surface area contributed by atoms with E-state index in [0.29, 0.717) is 24.3 Å². The number of amides is 1. The molecule has 0 unspecified atom stereocenters. The van der Waals surface area contributed by atoms with Crippen LogP contribution in [0.2, 0.25) is 0 Å². The third-order valence-corrected chi connectivity index (χ3v) is 6.30. The van der Waals surface area contributed by atoms with E-state index in [9.17, 15) is 14.0 Å². The molecule has 3 aliphatic rings. The first-order valence-corrected chi connectivity index (χ1v) is 9.41. The van der Waals surface area contributed by atoms with Crippen LogP contribution in [0.1, 0.15) is 35.2 Å². The lowest BCUT2D eigenvalue weighted by Crippen LogP contribution is -2.44. The number of halogens is 1. The fourth-order valence-corrected chi connectivity index (χ4v) is 5.07. The molecule has 138 valence electrons. The van der Waals surface area contributed by atoms with Crippen molar-refractivity contribution < 1.29 is 18.7 Å². The summed E-state index contributed by atoms with van der Waals surface area (Å²) in [4.78, 5) is 25.3. The Morgan fingerprint density at radius 1 is 1.22 bits per heavy atom. The molecule has 1 amide bonds. The minimum atomic E-state index is -0.545. The lowest BCUT2D eigenvalue weighted by Gasteiger charge is -2.37. The van der Waals surface area contributed by atoms with Crippen LogP contribution in [0, 0.1) is 23.6 Å². The molecule has 5 rings (SSSR count). The van der Waals surface area contributed by atoms with Crippen molar-refractivity contribution in [2.45, 2.75) is 31.4 Å². The van der Waals surface area contributed by atoms with Crippen LogP contribution in [0.25, 0.3) is 0 Å². The second-order valence-electron chi connectivity index (χ2n) is 7.86. The zero-order valence-electron chi connectivity index (χ0n) is 14.8. The van der Waals surface area contributed by atoms with Gasteiger partial charge in [-0.1, -0.05) is 24.3 Å². The zero-order valence-corrected chi connectivity index (χ0v) is 14.8. The van der Waals surface area contributed by atoms with Gasteiger partial charge in [-0.05, 0) is 48.6 Å². The van der Waals surface area contributed by atoms with E-state index in [0.717, 1.165) is 18.4 Å². The molecule has 2 saturated carbocycles. The summed E-state index contributed by atoms with van der Waals surface area (Å²) in [7, 11) is 0. The number of hydrogen-bond donors (Lipinski definition) is 1. The van der Waals surface area contributed by atoms with Crippen molar-refractivity contribution in [2.24, 2.45) is 17.8 Å². The van der Waals surface area contributed by atoms with Gasteiger partial charge in [-0.15, -0.1) is 0 Å². The van der Waals surface area contributed by atoms with E-state index in [2.05, 4.69) is 5.32 Å². The number of para-hydroxylation sites is 1. The van der Waals surface area contributed by atoms with Gasteiger partial charge >= 0.3 is 0 Å². The number of carbonyl (C=O) groups excluding carboxylic acids is 2. The van der Waals surface area contributed by atoms with Crippen LogP contribution in [-0.2, 0) is 11.3 Å². The second-order valence-corrected chi connectivity index (χ2v) is 7.86. The maximum Gasteiger partial charge on any atom is 0.224 e. The molecule has 0 radical (unpaired) electrons. The fraction of sp³-hybridized carbons (Fsp3) is 0.364. The molecule has 27 heavy (non-hydrogen) atoms. The van der Waals surface area contributed by atoms with Gasteiger partial charge < -0.3 is 10.1 Å². The number of ketones is 1. The Morgan fingerprint density at radius 3 is 2.93 bits per heavy atom. The number of nitrogens with one attached hydrogen (secondary N) is 1. The number of ether oxygens (including phenoxy) is 1. The SMILES string of the molecule is O=C1C[C@]2(CC[C@@H]3[C@@H](C(=O)NCc4cccc(F)c4)[C@@H]32)Oc2ccccc21. The van der Waals surface area contributed by atoms with E-state index < -0.39 is 5.60 Å². The maximum atomic E-state index is 13.3. The first-order chi connectivity index (χ1) is 13.1. The molecule has 2 fully saturated rings. The topological polar surface area (TPSA) is 55.4 Å². The molecule has 2 aromatic rings. The summed E-state index contributed by atoms with van der Waals surface area (Å²) < 4.78 is 19.6. The van der Waals surface area contributed by atoms with Crippen LogP contribution in [0.3, 0.4) is 0 Å². The summed E-state index contributed by atoms with van der Waals surface area (Å²) in [6, 6.07) is 13.6. The molecule has 5 heteroatoms. The van der Waals surface area contributed by atoms with Gasteiger partial charge in [0.1, 0.15) is 17.2 Å². The Hall–Kier alpha value is -2.69. The summed E-state index contributed by atoms with van der Waals surface area (Å²) in [5.74, 6) is 0.645. The highest BCUT2D eigenvalue weighted by Crippen LogP contribution is 2.65. The molecule has 4 atom stereocenters. The molecular formula is C22H20FNO3. The third-order valence-electron chi connectivity index (χ3n) is 6.30. The normalized spacial score (nSPS) is 30.4. The first-order valence-electron chi connectivity index (χ1n) is 9.41. The minimum Gasteiger partial charge on any atom is -0.486 e. The van der Waals surface area contributed by atoms with Crippen molar-refractivity contribution in [3.63, 3.8) is 0 Å². The maximum absolute atomic E-state index is 13.3. The Bertz CT molecular complexity index is 943. The van der Waals surface area contributed by atoms with Crippen molar-refractivity contribution in [1.82, 2.24) is 5.32 Å². The fourth-order valence-electron chi connectivity index (χ4n) is 5.07. The van der Waals surface area contributed by atoms with Gasteiger partial charge in [0.2, 0.25) is 5.91 Å². The number of carbonyl (C=O) groups is 2. The quantitative estimate of drug-likeness (QED) is 0.906. The summed E-state index contributed by atoms with van der Waals surface area (Å²) in [5, 5.41) is 2.92. The van der Waals surface area contributed by atoms with E-state index in [4.69, 9.17) is 4.74 Å². The van der Waals surface area contributed by atoms with Gasteiger partial charge in [0.25, 0.3) is 0 Å². The van der Waals surface area contributed by atoms with Crippen LogP contribution >= 0.6 is 0 Å². The highest BCUT2D eigenvalue weighted by molar-refractivity contribution is 6.00. The average molecular weight is 365 g/mol. The lowest BCUT2D eigenvalue weighted by molar-refractivity contribution is -0.124. The predicted molar refractivity (Wildman–Crippen MR) is 96.7 cm³/mol. The summed E-state index contributed by atoms with van der Waals surface area (Å²) in [6.45, 7) is 0.308. The van der Waals surface area contributed by atoms with Crippen molar-refractivity contribution in [3.05, 3.63) is 65.5 Å². The lowest BCUT2D eigenvalue weighted by atomic mass is 9.84. The van der Waals surface area contributed by atoms with Crippen molar-refractivity contribution >= 4 is 11.7 Å². The van der Waals surface area contributed by atoms with Crippen molar-refractivity contribution in [2.75, 3.05) is 0 Å². The molecule has 2 aliphatic carbocycles. The highest BCUT2D eigenvalue weighted by atomic mass is 19.1. The Balaban J connectivity index is 1.30. The summed E-state index contributed by atoms with van der Waals surface area (Å²) >= 11 is 0. The second kappa shape index (κ2) is 5.91. The third kappa shape index (κ3) is 2.64. The molecule has 4 nitrogen and oxygen atoms in total. The van der Waals surface area contributed by atoms with Gasteiger partial charge in [-0.25, -0.2) is 4.39 Å². The number of hydrogen-bond acceptors (Lipinski definition) is 3. The Labute approximate surface area is 156 Å². The Morgan fingerprint density at radius 2 is 2.07 bits per heavy atom. The predicted octanol–water partition coefficient (Wildman–Crippen LogP) is 3.50. The molecule has 0 bridgehead atoms. The van der Waals surface area contributed by atoms with Crippen LogP contribution in [-0.4, -0.2) is 17.3 Å². The van der Waals surface area contributed by atoms with Gasteiger partial charge in [0, 0.05) is 18.4 Å². The van der Waals surface area contributed by atoms with E-state index >= 15 is 0 Å². The molecular weight excluding hydrogens is 345 g/mol. The highest BCUT2D eigenvalue weighted by Gasteiger charge is 2.70. The summed E-state index contributed by atoms with van der Waals surface area (Å²) in [6.07, 6.45) is 2.06. The summed E-state index contributed by atoms with van der Waals surface area (Å²) in [5.41, 5.74) is 0.831. The molecule has 0 aromatic heterocycles. The van der Waals surface area contributed by atoms with Crippen LogP contribution in [0.5, 0.6) is 5.75 Å². The van der Waals surface area contributed by atoms with Gasteiger partial charge in [-0.2, -0.15) is 0 Å². The minimum absolute atomic E-state index is 0.0248. The zero-order chi connectivity index (χ0) is 18.6. The van der Waals surface area contributed by atoms with Gasteiger partial charge in [0.05, 0.1) is 12.0 Å². The molecule has 1 aliphatic heterocycles. The van der Waals surface area contributed by atoms with Crippen LogP contribution in [0.4, 0.5) is 4.39 Å². The van der Waals surface area contributed by atoms with E-state index in [1.54, 1.807) is 18.2 Å². The number of Topliss-reactive ketones (excluding diaryl/α,β-unsaturated/α-hetero) is 1. The van der Waals surface area contributed by atoms with E-state index in [-0.39, 0.29) is 35.3 Å². The molecule has 1 N–H and O–H groups in total. The van der Waals surface area contributed by atoms with Gasteiger partial charge in [-0.3, -0.25) is 9.59 Å². The number of benzene rings is 2. The van der Waals surface area contributed by atoms with Gasteiger partial charge in [0.15, 0.2) is 5.78 Å². The smallest absolute Gasteiger partial charge is 0.224 e. The Kier molecular flexibility index (Phi) is 3.61. The average Bonchev–Trinajstić information content (AvgIpc) is 3.31. The number of fused-ring (bicyclic) bond motifs is 3. The van der Waals surface area contributed by atoms with E-state index in [1.165, 1.54) is 12.1 Å². The molecule has 1 spiro atoms. The van der Waals surface area contributed by atoms with Crippen molar-refractivity contribution in [1.29, 1.82) is 0 Å². The molecule has 2 aromatic carbocycles. The first kappa shape index (κ1) is 16.5. The van der Waals surface area contributed by atoms with Crippen LogP contribution in [0.15, 0.2) is 48.5 Å². The number of rotatable bonds is 3. The van der Waals surface area contributed by atoms with E-state index in [1.807, 2.05) is 18.2 Å². The molecule has 0 saturated heterocycles. The molecule has 1 heterocycles. The van der Waals surface area contributed by atoms with Crippen LogP contribution < -0.4 is 10.1 Å². The monoisotopic (exact) mass is 365 g/mol. The largest absolute Gasteiger partial charge is 0.486 e. The standard InChI is InChI=1S/C22H20FNO3/c23-14-5-3-4-13(10-14)12-24-21(26)19-16-8-9-22(20(16)19)11-17(25)15-6-1-2-7-18(15)27-22/h1-7,10,16,19-20H,8-9,11-12H2,(H,24,26)/t16-,19-,20-,22+/m1/s1.